The van der Waals surface area contributed by atoms with E-state index in [9.17, 15) is 4.79 Å². The molecule has 110 valence electrons. The fraction of sp³-hybridized carbons (Fsp3) is 0.643. The minimum Gasteiger partial charge on any atom is -0.375 e. The Labute approximate surface area is 122 Å². The number of carbonyl (C=O) groups is 1. The zero-order chi connectivity index (χ0) is 13.9. The summed E-state index contributed by atoms with van der Waals surface area (Å²) >= 11 is 1.66. The van der Waals surface area contributed by atoms with Gasteiger partial charge in [-0.15, -0.1) is 0 Å². The average molecular weight is 296 g/mol. The highest BCUT2D eigenvalue weighted by atomic mass is 32.1. The Morgan fingerprint density at radius 1 is 1.45 bits per heavy atom. The van der Waals surface area contributed by atoms with Gasteiger partial charge in [0.25, 0.3) is 0 Å². The topological polar surface area (TPSA) is 50.8 Å². The summed E-state index contributed by atoms with van der Waals surface area (Å²) in [5, 5.41) is 7.39. The van der Waals surface area contributed by atoms with Crippen LogP contribution < -0.4 is 5.32 Å². The van der Waals surface area contributed by atoms with Crippen LogP contribution in [0.25, 0.3) is 0 Å². The molecule has 20 heavy (non-hydrogen) atoms. The molecule has 0 bridgehead atoms. The zero-order valence-electron chi connectivity index (χ0n) is 11.6. The molecule has 0 saturated carbocycles. The van der Waals surface area contributed by atoms with Crippen LogP contribution in [-0.2, 0) is 14.3 Å². The van der Waals surface area contributed by atoms with E-state index in [2.05, 4.69) is 16.8 Å². The number of nitrogens with zero attached hydrogens (tertiary/aromatic N) is 1. The molecular weight excluding hydrogens is 276 g/mol. The first-order valence-corrected chi connectivity index (χ1v) is 7.97. The van der Waals surface area contributed by atoms with E-state index < -0.39 is 0 Å². The molecule has 1 aromatic heterocycles. The van der Waals surface area contributed by atoms with E-state index >= 15 is 0 Å². The minimum atomic E-state index is -0.232. The number of hydrogen-bond acceptors (Lipinski definition) is 5. The van der Waals surface area contributed by atoms with Crippen LogP contribution in [0.4, 0.5) is 0 Å². The van der Waals surface area contributed by atoms with Crippen molar-refractivity contribution in [3.05, 3.63) is 22.4 Å². The Balaban J connectivity index is 1.65. The third kappa shape index (κ3) is 2.88. The van der Waals surface area contributed by atoms with Crippen molar-refractivity contribution in [2.75, 3.05) is 32.8 Å². The Morgan fingerprint density at radius 2 is 2.35 bits per heavy atom. The third-order valence-electron chi connectivity index (χ3n) is 3.88. The van der Waals surface area contributed by atoms with Crippen LogP contribution in [-0.4, -0.2) is 55.8 Å². The molecular formula is C14H20N2O3S. The lowest BCUT2D eigenvalue weighted by Gasteiger charge is -2.37. The molecule has 5 nitrogen and oxygen atoms in total. The third-order valence-corrected chi connectivity index (χ3v) is 4.58. The zero-order valence-corrected chi connectivity index (χ0v) is 12.4. The van der Waals surface area contributed by atoms with Crippen LogP contribution in [0.3, 0.4) is 0 Å². The summed E-state index contributed by atoms with van der Waals surface area (Å²) in [6, 6.07) is 1.83. The average Bonchev–Trinajstić information content (AvgIpc) is 3.01. The Kier molecular flexibility index (Phi) is 4.35. The summed E-state index contributed by atoms with van der Waals surface area (Å²) in [4.78, 5) is 14.5. The maximum absolute atomic E-state index is 12.6. The van der Waals surface area contributed by atoms with Gasteiger partial charge in [0.1, 0.15) is 12.1 Å². The number of morpholine rings is 2. The van der Waals surface area contributed by atoms with Crippen molar-refractivity contribution in [2.45, 2.75) is 25.2 Å². The van der Waals surface area contributed by atoms with Gasteiger partial charge in [-0.2, -0.15) is 11.3 Å². The molecule has 1 amide bonds. The molecule has 0 aromatic carbocycles. The molecule has 2 aliphatic heterocycles. The van der Waals surface area contributed by atoms with Crippen molar-refractivity contribution in [1.82, 2.24) is 10.2 Å². The van der Waals surface area contributed by atoms with E-state index in [4.69, 9.17) is 9.47 Å². The van der Waals surface area contributed by atoms with Crippen molar-refractivity contribution in [1.29, 1.82) is 0 Å². The summed E-state index contributed by atoms with van der Waals surface area (Å²) in [5.74, 6) is 0.126. The standard InChI is InChI=1S/C14H20N2O3S/c1-10-13(15-3-5-18-10)14(17)16-4-6-19-12(8-16)11-2-7-20-9-11/h2,7,9-10,12-13,15H,3-6,8H2,1H3/t10-,12?,13+/m1/s1. The Bertz CT molecular complexity index is 451. The molecule has 0 spiro atoms. The van der Waals surface area contributed by atoms with Gasteiger partial charge >= 0.3 is 0 Å². The second-order valence-electron chi connectivity index (χ2n) is 5.21. The largest absolute Gasteiger partial charge is 0.375 e. The van der Waals surface area contributed by atoms with Crippen LogP contribution in [0, 0.1) is 0 Å². The molecule has 0 radical (unpaired) electrons. The van der Waals surface area contributed by atoms with Crippen molar-refractivity contribution in [3.63, 3.8) is 0 Å². The maximum atomic E-state index is 12.6. The van der Waals surface area contributed by atoms with E-state index in [1.165, 1.54) is 0 Å². The molecule has 1 aromatic rings. The highest BCUT2D eigenvalue weighted by Gasteiger charge is 2.34. The summed E-state index contributed by atoms with van der Waals surface area (Å²) in [6.45, 7) is 5.23. The minimum absolute atomic E-state index is 0.00114. The highest BCUT2D eigenvalue weighted by Crippen LogP contribution is 2.24. The Hall–Kier alpha value is -0.950. The van der Waals surface area contributed by atoms with Gasteiger partial charge in [-0.25, -0.2) is 0 Å². The lowest BCUT2D eigenvalue weighted by molar-refractivity contribution is -0.147. The molecule has 6 heteroatoms. The first-order chi connectivity index (χ1) is 9.75. The van der Waals surface area contributed by atoms with Gasteiger partial charge < -0.3 is 19.7 Å². The van der Waals surface area contributed by atoms with Gasteiger partial charge in [0.05, 0.1) is 25.9 Å². The van der Waals surface area contributed by atoms with Crippen molar-refractivity contribution < 1.29 is 14.3 Å². The van der Waals surface area contributed by atoms with Gasteiger partial charge in [0.15, 0.2) is 0 Å². The van der Waals surface area contributed by atoms with Crippen LogP contribution in [0.15, 0.2) is 16.8 Å². The van der Waals surface area contributed by atoms with Gasteiger partial charge in [0, 0.05) is 13.1 Å². The van der Waals surface area contributed by atoms with Gasteiger partial charge in [-0.05, 0) is 29.3 Å². The van der Waals surface area contributed by atoms with E-state index in [-0.39, 0.29) is 24.2 Å². The molecule has 2 aliphatic rings. The predicted molar refractivity (Wildman–Crippen MR) is 76.8 cm³/mol. The number of hydrogen-bond donors (Lipinski definition) is 1. The second kappa shape index (κ2) is 6.22. The first-order valence-electron chi connectivity index (χ1n) is 7.03. The fourth-order valence-electron chi connectivity index (χ4n) is 2.72. The monoisotopic (exact) mass is 296 g/mol. The Morgan fingerprint density at radius 3 is 3.10 bits per heavy atom. The highest BCUT2D eigenvalue weighted by molar-refractivity contribution is 7.07. The number of amides is 1. The summed E-state index contributed by atoms with van der Waals surface area (Å²) in [6.07, 6.45) is -0.0718. The second-order valence-corrected chi connectivity index (χ2v) is 5.99. The molecule has 1 unspecified atom stereocenters. The van der Waals surface area contributed by atoms with Crippen LogP contribution in [0.5, 0.6) is 0 Å². The van der Waals surface area contributed by atoms with Gasteiger partial charge in [-0.3, -0.25) is 4.79 Å². The van der Waals surface area contributed by atoms with Crippen LogP contribution in [0.2, 0.25) is 0 Å². The predicted octanol–water partition coefficient (Wildman–Crippen LogP) is 1.02. The van der Waals surface area contributed by atoms with E-state index in [0.29, 0.717) is 26.3 Å². The van der Waals surface area contributed by atoms with Crippen molar-refractivity contribution in [2.24, 2.45) is 0 Å². The maximum Gasteiger partial charge on any atom is 0.242 e. The van der Waals surface area contributed by atoms with E-state index in [1.807, 2.05) is 17.2 Å². The molecule has 3 atom stereocenters. The fourth-order valence-corrected chi connectivity index (χ4v) is 3.42. The molecule has 3 heterocycles. The van der Waals surface area contributed by atoms with Gasteiger partial charge in [0.2, 0.25) is 5.91 Å². The lowest BCUT2D eigenvalue weighted by Crippen LogP contribution is -2.58. The smallest absolute Gasteiger partial charge is 0.242 e. The molecule has 2 fully saturated rings. The van der Waals surface area contributed by atoms with E-state index in [1.54, 1.807) is 11.3 Å². The summed E-state index contributed by atoms with van der Waals surface area (Å²) in [5.41, 5.74) is 1.16. The molecule has 1 N–H and O–H groups in total. The number of rotatable bonds is 2. The normalized spacial score (nSPS) is 31.2. The number of nitrogens with one attached hydrogen (secondary N) is 1. The molecule has 3 rings (SSSR count). The summed E-state index contributed by atoms with van der Waals surface area (Å²) in [7, 11) is 0. The van der Waals surface area contributed by atoms with Crippen molar-refractivity contribution >= 4 is 17.2 Å². The summed E-state index contributed by atoms with van der Waals surface area (Å²) < 4.78 is 11.3. The van der Waals surface area contributed by atoms with Crippen LogP contribution >= 0.6 is 11.3 Å². The van der Waals surface area contributed by atoms with Gasteiger partial charge in [-0.1, -0.05) is 0 Å². The quantitative estimate of drug-likeness (QED) is 0.885. The van der Waals surface area contributed by atoms with Crippen molar-refractivity contribution in [3.8, 4) is 0 Å². The molecule has 0 aliphatic carbocycles. The first kappa shape index (κ1) is 14.0. The van der Waals surface area contributed by atoms with E-state index in [0.717, 1.165) is 12.1 Å². The lowest BCUT2D eigenvalue weighted by atomic mass is 10.1. The SMILES string of the molecule is C[C@H]1OCCN[C@@H]1C(=O)N1CCOC(c2ccsc2)C1. The number of ether oxygens (including phenoxy) is 2. The van der Waals surface area contributed by atoms with Crippen LogP contribution in [0.1, 0.15) is 18.6 Å². The number of carbonyl (C=O) groups excluding carboxylic acids is 1. The number of thiophene rings is 1. The molecule has 2 saturated heterocycles.